The fraction of sp³-hybridized carbons (Fsp3) is 0.292. The number of benzene rings is 2. The zero-order chi connectivity index (χ0) is 22.4. The number of hydrogen-bond acceptors (Lipinski definition) is 5. The summed E-state index contributed by atoms with van der Waals surface area (Å²) in [6.07, 6.45) is 0.166. The van der Waals surface area contributed by atoms with Gasteiger partial charge in [0.05, 0.1) is 10.7 Å². The van der Waals surface area contributed by atoms with E-state index < -0.39 is 11.7 Å². The highest BCUT2D eigenvalue weighted by atomic mass is 32.1. The van der Waals surface area contributed by atoms with Crippen molar-refractivity contribution in [3.05, 3.63) is 70.0 Å². The molecular weight excluding hydrogens is 410 g/mol. The van der Waals surface area contributed by atoms with E-state index in [1.807, 2.05) is 6.92 Å². The molecule has 0 fully saturated rings. The van der Waals surface area contributed by atoms with Crippen LogP contribution >= 0.6 is 11.3 Å². The summed E-state index contributed by atoms with van der Waals surface area (Å²) in [5.74, 6) is -0.192. The Kier molecular flexibility index (Phi) is 7.07. The lowest BCUT2D eigenvalue weighted by molar-refractivity contribution is 0.0635. The third-order valence-corrected chi connectivity index (χ3v) is 5.11. The van der Waals surface area contributed by atoms with E-state index in [4.69, 9.17) is 4.74 Å². The van der Waals surface area contributed by atoms with Gasteiger partial charge in [0.15, 0.2) is 0 Å². The fourth-order valence-corrected chi connectivity index (χ4v) is 3.54. The third-order valence-electron chi connectivity index (χ3n) is 4.34. The predicted octanol–water partition coefficient (Wildman–Crippen LogP) is 5.44. The topological polar surface area (TPSA) is 80.3 Å². The first-order chi connectivity index (χ1) is 14.7. The second kappa shape index (κ2) is 9.75. The highest BCUT2D eigenvalue weighted by Crippen LogP contribution is 2.22. The number of nitrogens with zero attached hydrogens (tertiary/aromatic N) is 1. The molecule has 2 N–H and O–H groups in total. The molecular formula is C24H27N3O3S. The molecule has 1 aromatic heterocycles. The average molecular weight is 438 g/mol. The van der Waals surface area contributed by atoms with Crippen molar-refractivity contribution in [1.29, 1.82) is 0 Å². The van der Waals surface area contributed by atoms with Crippen molar-refractivity contribution in [2.75, 3.05) is 11.9 Å². The summed E-state index contributed by atoms with van der Waals surface area (Å²) < 4.78 is 5.24. The summed E-state index contributed by atoms with van der Waals surface area (Å²) in [6, 6.07) is 15.0. The molecule has 2 amide bonds. The van der Waals surface area contributed by atoms with Crippen LogP contribution in [0.15, 0.2) is 53.9 Å². The number of anilines is 1. The maximum Gasteiger partial charge on any atom is 0.412 e. The lowest BCUT2D eigenvalue weighted by Gasteiger charge is -2.19. The van der Waals surface area contributed by atoms with Crippen LogP contribution in [0.3, 0.4) is 0 Å². The largest absolute Gasteiger partial charge is 0.444 e. The first-order valence-electron chi connectivity index (χ1n) is 10.1. The average Bonchev–Trinajstić information content (AvgIpc) is 3.13. The number of carbonyl (C=O) groups is 2. The second-order valence-corrected chi connectivity index (χ2v) is 9.22. The summed E-state index contributed by atoms with van der Waals surface area (Å²) in [5.41, 5.74) is 3.61. The fourth-order valence-electron chi connectivity index (χ4n) is 2.92. The number of rotatable bonds is 6. The van der Waals surface area contributed by atoms with Crippen molar-refractivity contribution in [2.24, 2.45) is 0 Å². The Bertz CT molecular complexity index is 1050. The second-order valence-electron chi connectivity index (χ2n) is 8.16. The molecule has 2 aromatic carbocycles. The molecule has 0 radical (unpaired) electrons. The van der Waals surface area contributed by atoms with Gasteiger partial charge in [0.2, 0.25) is 0 Å². The van der Waals surface area contributed by atoms with Crippen LogP contribution in [0, 0.1) is 6.92 Å². The van der Waals surface area contributed by atoms with Gasteiger partial charge in [-0.25, -0.2) is 9.78 Å². The van der Waals surface area contributed by atoms with E-state index in [0.717, 1.165) is 28.2 Å². The lowest BCUT2D eigenvalue weighted by Crippen LogP contribution is -2.28. The summed E-state index contributed by atoms with van der Waals surface area (Å²) in [4.78, 5) is 28.9. The van der Waals surface area contributed by atoms with E-state index in [-0.39, 0.29) is 5.91 Å². The van der Waals surface area contributed by atoms with Crippen LogP contribution in [-0.2, 0) is 11.2 Å². The van der Waals surface area contributed by atoms with Gasteiger partial charge in [0, 0.05) is 28.7 Å². The van der Waals surface area contributed by atoms with E-state index in [0.29, 0.717) is 17.8 Å². The quantitative estimate of drug-likeness (QED) is 0.538. The monoisotopic (exact) mass is 437 g/mol. The molecule has 0 aliphatic rings. The van der Waals surface area contributed by atoms with Crippen LogP contribution in [-0.4, -0.2) is 29.1 Å². The molecule has 0 unspecified atom stereocenters. The van der Waals surface area contributed by atoms with Gasteiger partial charge in [0.1, 0.15) is 5.60 Å². The van der Waals surface area contributed by atoms with Gasteiger partial charge in [-0.15, -0.1) is 11.3 Å². The van der Waals surface area contributed by atoms with Crippen molar-refractivity contribution in [3.63, 3.8) is 0 Å². The minimum absolute atomic E-state index is 0.192. The Morgan fingerprint density at radius 1 is 1.10 bits per heavy atom. The first-order valence-corrected chi connectivity index (χ1v) is 11.0. The molecule has 1 heterocycles. The van der Waals surface area contributed by atoms with Gasteiger partial charge in [-0.1, -0.05) is 30.3 Å². The molecule has 0 bridgehead atoms. The Balaban J connectivity index is 1.51. The number of aromatic nitrogens is 1. The highest BCUT2D eigenvalue weighted by molar-refractivity contribution is 7.09. The Morgan fingerprint density at radius 3 is 2.48 bits per heavy atom. The molecule has 7 heteroatoms. The smallest absolute Gasteiger partial charge is 0.412 e. The Labute approximate surface area is 186 Å². The van der Waals surface area contributed by atoms with Crippen molar-refractivity contribution < 1.29 is 14.3 Å². The number of thiazole rings is 1. The number of hydrogen-bond donors (Lipinski definition) is 2. The van der Waals surface area contributed by atoms with E-state index in [1.54, 1.807) is 56.4 Å². The first kappa shape index (κ1) is 22.5. The van der Waals surface area contributed by atoms with Gasteiger partial charge in [-0.05, 0) is 57.9 Å². The van der Waals surface area contributed by atoms with Crippen LogP contribution in [0.25, 0.3) is 11.3 Å². The van der Waals surface area contributed by atoms with E-state index in [2.05, 4.69) is 45.3 Å². The molecule has 0 atom stereocenters. The summed E-state index contributed by atoms with van der Waals surface area (Å²) in [5, 5.41) is 8.67. The minimum Gasteiger partial charge on any atom is -0.444 e. The molecule has 0 saturated heterocycles. The van der Waals surface area contributed by atoms with E-state index in [1.165, 1.54) is 0 Å². The van der Waals surface area contributed by atoms with Gasteiger partial charge in [-0.3, -0.25) is 10.1 Å². The lowest BCUT2D eigenvalue weighted by atomic mass is 10.1. The molecule has 0 saturated carbocycles. The van der Waals surface area contributed by atoms with Gasteiger partial charge in [0.25, 0.3) is 5.91 Å². The van der Waals surface area contributed by atoms with Gasteiger partial charge in [-0.2, -0.15) is 0 Å². The van der Waals surface area contributed by atoms with Crippen molar-refractivity contribution >= 4 is 29.0 Å². The molecule has 0 spiro atoms. The van der Waals surface area contributed by atoms with E-state index in [9.17, 15) is 9.59 Å². The minimum atomic E-state index is -0.587. The molecule has 6 nitrogen and oxygen atoms in total. The number of ether oxygens (including phenoxy) is 1. The predicted molar refractivity (Wildman–Crippen MR) is 125 cm³/mol. The molecule has 0 aliphatic heterocycles. The Hall–Kier alpha value is -3.19. The van der Waals surface area contributed by atoms with E-state index >= 15 is 0 Å². The maximum atomic E-state index is 12.5. The standard InChI is InChI=1S/C24H27N3O3S/c1-16-26-21(15-31-16)18-10-8-17(9-11-18)12-13-25-22(28)19-6-5-7-20(14-19)27-23(29)30-24(2,3)4/h5-11,14-15H,12-13H2,1-4H3,(H,25,28)(H,27,29). The normalized spacial score (nSPS) is 11.1. The van der Waals surface area contributed by atoms with Crippen LogP contribution in [0.5, 0.6) is 0 Å². The SMILES string of the molecule is Cc1nc(-c2ccc(CCNC(=O)c3cccc(NC(=O)OC(C)(C)C)c3)cc2)cs1. The zero-order valence-corrected chi connectivity index (χ0v) is 19.0. The van der Waals surface area contributed by atoms with Crippen LogP contribution < -0.4 is 10.6 Å². The number of nitrogens with one attached hydrogen (secondary N) is 2. The summed E-state index contributed by atoms with van der Waals surface area (Å²) >= 11 is 1.64. The molecule has 3 aromatic rings. The number of aryl methyl sites for hydroxylation is 1. The maximum absolute atomic E-state index is 12.5. The van der Waals surface area contributed by atoms with Crippen molar-refractivity contribution in [2.45, 2.75) is 39.7 Å². The van der Waals surface area contributed by atoms with Crippen LogP contribution in [0.1, 0.15) is 41.7 Å². The van der Waals surface area contributed by atoms with Crippen molar-refractivity contribution in [3.8, 4) is 11.3 Å². The third kappa shape index (κ3) is 6.93. The number of carbonyl (C=O) groups excluding carboxylic acids is 2. The van der Waals surface area contributed by atoms with Gasteiger partial charge >= 0.3 is 6.09 Å². The Morgan fingerprint density at radius 2 is 1.84 bits per heavy atom. The van der Waals surface area contributed by atoms with Crippen molar-refractivity contribution in [1.82, 2.24) is 10.3 Å². The highest BCUT2D eigenvalue weighted by Gasteiger charge is 2.16. The molecule has 31 heavy (non-hydrogen) atoms. The summed E-state index contributed by atoms with van der Waals surface area (Å²) in [6.45, 7) is 7.89. The zero-order valence-electron chi connectivity index (χ0n) is 18.2. The van der Waals surface area contributed by atoms with Gasteiger partial charge < -0.3 is 10.1 Å². The van der Waals surface area contributed by atoms with Crippen LogP contribution in [0.2, 0.25) is 0 Å². The van der Waals surface area contributed by atoms with Crippen LogP contribution in [0.4, 0.5) is 10.5 Å². The molecule has 0 aliphatic carbocycles. The number of amides is 2. The molecule has 162 valence electrons. The molecule has 3 rings (SSSR count). The summed E-state index contributed by atoms with van der Waals surface area (Å²) in [7, 11) is 0.